The molecule has 7 nitrogen and oxygen atoms in total. The molecule has 2 heterocycles. The molecule has 4 rings (SSSR count). The fourth-order valence-corrected chi connectivity index (χ4v) is 4.98. The van der Waals surface area contributed by atoms with Crippen molar-refractivity contribution in [3.05, 3.63) is 47.0 Å². The lowest BCUT2D eigenvalue weighted by Gasteiger charge is -2.29. The molecule has 1 fully saturated rings. The molecule has 32 heavy (non-hydrogen) atoms. The average Bonchev–Trinajstić information content (AvgIpc) is 3.28. The Morgan fingerprint density at radius 3 is 2.50 bits per heavy atom. The number of methoxy groups -OCH3 is 2. The zero-order chi connectivity index (χ0) is 22.7. The van der Waals surface area contributed by atoms with Crippen LogP contribution in [0.25, 0.3) is 10.2 Å². The van der Waals surface area contributed by atoms with Gasteiger partial charge in [-0.3, -0.25) is 14.6 Å². The Labute approximate surface area is 192 Å². The van der Waals surface area contributed by atoms with Gasteiger partial charge in [-0.25, -0.2) is 4.98 Å². The molecule has 0 spiro atoms. The topological polar surface area (TPSA) is 64.1 Å². The summed E-state index contributed by atoms with van der Waals surface area (Å²) in [6.07, 6.45) is 0. The first-order chi connectivity index (χ1) is 15.5. The maximum Gasteiger partial charge on any atom is 0.260 e. The number of rotatable bonds is 7. The molecule has 1 amide bonds. The van der Waals surface area contributed by atoms with Crippen molar-refractivity contribution in [3.8, 4) is 11.5 Å². The third-order valence-corrected chi connectivity index (χ3v) is 6.99. The number of aryl methyl sites for hydroxylation is 2. The van der Waals surface area contributed by atoms with Crippen molar-refractivity contribution >= 4 is 32.6 Å². The minimum absolute atomic E-state index is 0.103. The summed E-state index contributed by atoms with van der Waals surface area (Å²) < 4.78 is 17.3. The quantitative estimate of drug-likeness (QED) is 0.538. The normalized spacial score (nSPS) is 14.5. The lowest BCUT2D eigenvalue weighted by atomic mass is 10.1. The van der Waals surface area contributed by atoms with Crippen LogP contribution in [0.3, 0.4) is 0 Å². The fourth-order valence-electron chi connectivity index (χ4n) is 3.84. The molecule has 1 aromatic heterocycles. The van der Waals surface area contributed by atoms with E-state index in [0.717, 1.165) is 48.6 Å². The summed E-state index contributed by atoms with van der Waals surface area (Å²) in [7, 11) is 3.15. The summed E-state index contributed by atoms with van der Waals surface area (Å²) >= 11 is 1.57. The number of carbonyl (C=O) groups excluding carboxylic acids is 1. The maximum absolute atomic E-state index is 13.7. The number of thiazole rings is 1. The fraction of sp³-hybridized carbons (Fsp3) is 0.417. The molecule has 0 saturated carbocycles. The van der Waals surface area contributed by atoms with Crippen molar-refractivity contribution in [1.82, 2.24) is 9.88 Å². The van der Waals surface area contributed by atoms with Crippen molar-refractivity contribution in [2.45, 2.75) is 13.8 Å². The molecule has 170 valence electrons. The molecule has 0 N–H and O–H groups in total. The molecule has 1 aliphatic heterocycles. The Hall–Kier alpha value is -2.68. The van der Waals surface area contributed by atoms with Gasteiger partial charge < -0.3 is 14.2 Å². The number of carbonyl (C=O) groups is 1. The van der Waals surface area contributed by atoms with Gasteiger partial charge in [0, 0.05) is 31.7 Å². The van der Waals surface area contributed by atoms with Gasteiger partial charge in [-0.15, -0.1) is 0 Å². The van der Waals surface area contributed by atoms with Crippen molar-refractivity contribution < 1.29 is 19.0 Å². The predicted octanol–water partition coefficient (Wildman–Crippen LogP) is 3.91. The first-order valence-electron chi connectivity index (χ1n) is 10.7. The van der Waals surface area contributed by atoms with E-state index in [1.165, 1.54) is 5.56 Å². The molecule has 8 heteroatoms. The number of anilines is 1. The van der Waals surface area contributed by atoms with E-state index in [0.29, 0.717) is 28.7 Å². The van der Waals surface area contributed by atoms with Crippen LogP contribution in [-0.2, 0) is 4.74 Å². The Kier molecular flexibility index (Phi) is 6.93. The molecular formula is C24H29N3O4S. The SMILES string of the molecule is COc1ccc(C(=O)N(CCN2CCOCC2)c2nc3c(C)ccc(C)c3s2)cc1OC. The van der Waals surface area contributed by atoms with Gasteiger partial charge in [0.25, 0.3) is 5.91 Å². The van der Waals surface area contributed by atoms with Gasteiger partial charge in [0.2, 0.25) is 0 Å². The van der Waals surface area contributed by atoms with Crippen LogP contribution >= 0.6 is 11.3 Å². The zero-order valence-electron chi connectivity index (χ0n) is 19.0. The number of fused-ring (bicyclic) bond motifs is 1. The zero-order valence-corrected chi connectivity index (χ0v) is 19.8. The average molecular weight is 456 g/mol. The number of morpholine rings is 1. The van der Waals surface area contributed by atoms with Crippen LogP contribution in [0.15, 0.2) is 30.3 Å². The maximum atomic E-state index is 13.7. The monoisotopic (exact) mass is 455 g/mol. The summed E-state index contributed by atoms with van der Waals surface area (Å²) in [6.45, 7) is 8.64. The second-order valence-corrected chi connectivity index (χ2v) is 8.83. The second-order valence-electron chi connectivity index (χ2n) is 7.85. The van der Waals surface area contributed by atoms with Gasteiger partial charge in [-0.2, -0.15) is 0 Å². The smallest absolute Gasteiger partial charge is 0.260 e. The van der Waals surface area contributed by atoms with Crippen LogP contribution in [0.5, 0.6) is 11.5 Å². The van der Waals surface area contributed by atoms with Gasteiger partial charge in [-0.05, 0) is 43.2 Å². The highest BCUT2D eigenvalue weighted by atomic mass is 32.1. The minimum atomic E-state index is -0.103. The number of hydrogen-bond donors (Lipinski definition) is 0. The number of benzene rings is 2. The van der Waals surface area contributed by atoms with E-state index in [4.69, 9.17) is 19.2 Å². The Morgan fingerprint density at radius 2 is 1.81 bits per heavy atom. The van der Waals surface area contributed by atoms with E-state index in [1.54, 1.807) is 48.7 Å². The third-order valence-electron chi connectivity index (χ3n) is 5.78. The second kappa shape index (κ2) is 9.85. The first kappa shape index (κ1) is 22.5. The van der Waals surface area contributed by atoms with Gasteiger partial charge in [0.1, 0.15) is 0 Å². The predicted molar refractivity (Wildman–Crippen MR) is 128 cm³/mol. The van der Waals surface area contributed by atoms with Gasteiger partial charge in [0.15, 0.2) is 16.6 Å². The van der Waals surface area contributed by atoms with E-state index in [-0.39, 0.29) is 5.91 Å². The molecule has 1 aliphatic rings. The third kappa shape index (κ3) is 4.57. The highest BCUT2D eigenvalue weighted by molar-refractivity contribution is 7.22. The Balaban J connectivity index is 1.69. The molecule has 0 bridgehead atoms. The summed E-state index contributed by atoms with van der Waals surface area (Å²) in [4.78, 5) is 22.7. The van der Waals surface area contributed by atoms with Gasteiger partial charge in [0.05, 0.1) is 37.6 Å². The van der Waals surface area contributed by atoms with Crippen LogP contribution in [0.2, 0.25) is 0 Å². The van der Waals surface area contributed by atoms with Crippen molar-refractivity contribution in [2.24, 2.45) is 0 Å². The van der Waals surface area contributed by atoms with Crippen LogP contribution in [0.4, 0.5) is 5.13 Å². The van der Waals surface area contributed by atoms with Crippen molar-refractivity contribution in [1.29, 1.82) is 0 Å². The molecule has 0 aliphatic carbocycles. The standard InChI is InChI=1S/C24H29N3O4S/c1-16-5-6-17(2)22-21(16)25-24(32-22)27(10-9-26-11-13-31-14-12-26)23(28)18-7-8-19(29-3)20(15-18)30-4/h5-8,15H,9-14H2,1-4H3. The van der Waals surface area contributed by atoms with Crippen LogP contribution in [-0.4, -0.2) is 69.4 Å². The van der Waals surface area contributed by atoms with E-state index < -0.39 is 0 Å². The van der Waals surface area contributed by atoms with Crippen LogP contribution in [0.1, 0.15) is 21.5 Å². The number of amides is 1. The molecule has 3 aromatic rings. The molecular weight excluding hydrogens is 426 g/mol. The Bertz CT molecular complexity index is 1070. The highest BCUT2D eigenvalue weighted by Gasteiger charge is 2.24. The van der Waals surface area contributed by atoms with Crippen LogP contribution < -0.4 is 14.4 Å². The summed E-state index contributed by atoms with van der Waals surface area (Å²) in [5.41, 5.74) is 3.78. The summed E-state index contributed by atoms with van der Waals surface area (Å²) in [6, 6.07) is 9.45. The number of aromatic nitrogens is 1. The Morgan fingerprint density at radius 1 is 1.09 bits per heavy atom. The van der Waals surface area contributed by atoms with Crippen molar-refractivity contribution in [2.75, 3.05) is 58.5 Å². The van der Waals surface area contributed by atoms with E-state index in [1.807, 2.05) is 0 Å². The highest BCUT2D eigenvalue weighted by Crippen LogP contribution is 2.34. The number of hydrogen-bond acceptors (Lipinski definition) is 7. The molecule has 0 radical (unpaired) electrons. The molecule has 0 atom stereocenters. The summed E-state index contributed by atoms with van der Waals surface area (Å²) in [5, 5.41) is 0.713. The van der Waals surface area contributed by atoms with E-state index in [2.05, 4.69) is 30.9 Å². The number of ether oxygens (including phenoxy) is 3. The molecule has 0 unspecified atom stereocenters. The largest absolute Gasteiger partial charge is 0.493 e. The minimum Gasteiger partial charge on any atom is -0.493 e. The number of nitrogens with zero attached hydrogens (tertiary/aromatic N) is 3. The summed E-state index contributed by atoms with van der Waals surface area (Å²) in [5.74, 6) is 1.02. The first-order valence-corrected chi connectivity index (χ1v) is 11.5. The van der Waals surface area contributed by atoms with Gasteiger partial charge in [-0.1, -0.05) is 23.5 Å². The van der Waals surface area contributed by atoms with Crippen LogP contribution in [0, 0.1) is 13.8 Å². The molecule has 1 saturated heterocycles. The lowest BCUT2D eigenvalue weighted by Crippen LogP contribution is -2.43. The van der Waals surface area contributed by atoms with E-state index >= 15 is 0 Å². The molecule has 2 aromatic carbocycles. The van der Waals surface area contributed by atoms with Gasteiger partial charge >= 0.3 is 0 Å². The van der Waals surface area contributed by atoms with Crippen molar-refractivity contribution in [3.63, 3.8) is 0 Å². The van der Waals surface area contributed by atoms with E-state index in [9.17, 15) is 4.79 Å². The lowest BCUT2D eigenvalue weighted by molar-refractivity contribution is 0.0391.